The van der Waals surface area contributed by atoms with Crippen LogP contribution in [0.15, 0.2) is 41.2 Å². The van der Waals surface area contributed by atoms with E-state index in [0.717, 1.165) is 25.4 Å². The van der Waals surface area contributed by atoms with E-state index in [2.05, 4.69) is 41.1 Å². The van der Waals surface area contributed by atoms with Gasteiger partial charge in [-0.1, -0.05) is 38.7 Å². The molecule has 148 valence electrons. The molecule has 3 aromatic rings. The Bertz CT molecular complexity index is 918. The molecule has 1 saturated carbocycles. The molecule has 5 rings (SSSR count). The van der Waals surface area contributed by atoms with E-state index in [1.54, 1.807) is 11.8 Å². The van der Waals surface area contributed by atoms with Crippen molar-refractivity contribution < 1.29 is 4.42 Å². The standard InChI is InChI=1S/C25H32N2O/c1-2-6-18-9-10-23-22(15-18)21-11-13-27(16-19-12-14-28-17-19)25(24(21)26-23)20-7-4-3-5-8-20/h9-10,12,14-15,17,20,25-26H,2-8,11,13,16H2,1H3. The lowest BCUT2D eigenvalue weighted by molar-refractivity contribution is 0.0972. The van der Waals surface area contributed by atoms with E-state index in [1.165, 1.54) is 72.7 Å². The van der Waals surface area contributed by atoms with Crippen molar-refractivity contribution in [2.75, 3.05) is 6.54 Å². The van der Waals surface area contributed by atoms with E-state index < -0.39 is 0 Å². The lowest BCUT2D eigenvalue weighted by atomic mass is 9.79. The fourth-order valence-electron chi connectivity index (χ4n) is 5.64. The van der Waals surface area contributed by atoms with E-state index in [1.807, 2.05) is 6.26 Å². The van der Waals surface area contributed by atoms with Crippen molar-refractivity contribution in [3.8, 4) is 0 Å². The summed E-state index contributed by atoms with van der Waals surface area (Å²) in [4.78, 5) is 6.59. The Hall–Kier alpha value is -2.00. The van der Waals surface area contributed by atoms with E-state index in [-0.39, 0.29) is 0 Å². The molecule has 1 unspecified atom stereocenters. The van der Waals surface area contributed by atoms with Crippen molar-refractivity contribution in [3.63, 3.8) is 0 Å². The van der Waals surface area contributed by atoms with Crippen LogP contribution in [-0.2, 0) is 19.4 Å². The number of fused-ring (bicyclic) bond motifs is 3. The Balaban J connectivity index is 1.55. The molecule has 0 saturated heterocycles. The zero-order valence-corrected chi connectivity index (χ0v) is 17.0. The monoisotopic (exact) mass is 376 g/mol. The van der Waals surface area contributed by atoms with Crippen molar-refractivity contribution >= 4 is 10.9 Å². The minimum atomic E-state index is 0.515. The molecule has 0 spiro atoms. The maximum atomic E-state index is 5.36. The first-order valence-electron chi connectivity index (χ1n) is 11.2. The number of hydrogen-bond acceptors (Lipinski definition) is 2. The topological polar surface area (TPSA) is 32.2 Å². The smallest absolute Gasteiger partial charge is 0.0947 e. The van der Waals surface area contributed by atoms with E-state index in [4.69, 9.17) is 4.42 Å². The Morgan fingerprint density at radius 2 is 2.00 bits per heavy atom. The molecular weight excluding hydrogens is 344 g/mol. The molecule has 1 atom stereocenters. The second kappa shape index (κ2) is 7.79. The molecule has 0 amide bonds. The second-order valence-corrected chi connectivity index (χ2v) is 8.84. The highest BCUT2D eigenvalue weighted by molar-refractivity contribution is 5.86. The predicted octanol–water partition coefficient (Wildman–Crippen LogP) is 6.39. The summed E-state index contributed by atoms with van der Waals surface area (Å²) < 4.78 is 5.36. The Morgan fingerprint density at radius 1 is 1.11 bits per heavy atom. The minimum Gasteiger partial charge on any atom is -0.472 e. The number of H-pyrrole nitrogens is 1. The highest BCUT2D eigenvalue weighted by atomic mass is 16.3. The van der Waals surface area contributed by atoms with E-state index in [9.17, 15) is 0 Å². The summed E-state index contributed by atoms with van der Waals surface area (Å²) in [6.07, 6.45) is 14.2. The molecule has 2 aromatic heterocycles. The van der Waals surface area contributed by atoms with Crippen LogP contribution >= 0.6 is 0 Å². The zero-order valence-electron chi connectivity index (χ0n) is 17.0. The predicted molar refractivity (Wildman–Crippen MR) is 114 cm³/mol. The molecule has 1 N–H and O–H groups in total. The first-order valence-corrected chi connectivity index (χ1v) is 11.2. The summed E-state index contributed by atoms with van der Waals surface area (Å²) in [6.45, 7) is 4.40. The van der Waals surface area contributed by atoms with Crippen LogP contribution in [0, 0.1) is 5.92 Å². The number of rotatable bonds is 5. The third-order valence-electron chi connectivity index (χ3n) is 6.94. The lowest BCUT2D eigenvalue weighted by Gasteiger charge is -2.41. The molecule has 0 radical (unpaired) electrons. The number of nitrogens with zero attached hydrogens (tertiary/aromatic N) is 1. The largest absolute Gasteiger partial charge is 0.472 e. The second-order valence-electron chi connectivity index (χ2n) is 8.84. The van der Waals surface area contributed by atoms with E-state index in [0.29, 0.717) is 6.04 Å². The number of nitrogens with one attached hydrogen (secondary N) is 1. The molecule has 1 aliphatic carbocycles. The maximum absolute atomic E-state index is 5.36. The summed E-state index contributed by atoms with van der Waals surface area (Å²) in [5.41, 5.74) is 7.20. The van der Waals surface area contributed by atoms with Crippen LogP contribution in [0.2, 0.25) is 0 Å². The van der Waals surface area contributed by atoms with Crippen molar-refractivity contribution in [2.24, 2.45) is 5.92 Å². The molecule has 1 aromatic carbocycles. The van der Waals surface area contributed by atoms with Gasteiger partial charge in [0, 0.05) is 35.2 Å². The molecular formula is C25H32N2O. The quantitative estimate of drug-likeness (QED) is 0.559. The molecule has 3 heteroatoms. The Morgan fingerprint density at radius 3 is 2.79 bits per heavy atom. The molecule has 1 fully saturated rings. The number of benzene rings is 1. The lowest BCUT2D eigenvalue weighted by Crippen LogP contribution is -2.39. The van der Waals surface area contributed by atoms with E-state index >= 15 is 0 Å². The van der Waals surface area contributed by atoms with Gasteiger partial charge in [0.25, 0.3) is 0 Å². The fraction of sp³-hybridized carbons (Fsp3) is 0.520. The summed E-state index contributed by atoms with van der Waals surface area (Å²) in [6, 6.07) is 9.72. The van der Waals surface area contributed by atoms with Crippen molar-refractivity contribution in [2.45, 2.75) is 70.9 Å². The van der Waals surface area contributed by atoms with Crippen molar-refractivity contribution in [1.29, 1.82) is 0 Å². The van der Waals surface area contributed by atoms with Gasteiger partial charge in [-0.15, -0.1) is 0 Å². The maximum Gasteiger partial charge on any atom is 0.0947 e. The summed E-state index contributed by atoms with van der Waals surface area (Å²) in [5, 5.41) is 1.48. The summed E-state index contributed by atoms with van der Waals surface area (Å²) in [5.74, 6) is 0.767. The summed E-state index contributed by atoms with van der Waals surface area (Å²) >= 11 is 0. The molecule has 3 nitrogen and oxygen atoms in total. The van der Waals surface area contributed by atoms with Crippen LogP contribution in [0.1, 0.15) is 73.9 Å². The van der Waals surface area contributed by atoms with Crippen LogP contribution in [0.4, 0.5) is 0 Å². The van der Waals surface area contributed by atoms with Gasteiger partial charge >= 0.3 is 0 Å². The average Bonchev–Trinajstić information content (AvgIpc) is 3.36. The molecule has 0 bridgehead atoms. The van der Waals surface area contributed by atoms with Gasteiger partial charge in [0.15, 0.2) is 0 Å². The number of aryl methyl sites for hydroxylation is 1. The highest BCUT2D eigenvalue weighted by Crippen LogP contribution is 2.44. The van der Waals surface area contributed by atoms with Gasteiger partial charge in [0.05, 0.1) is 18.6 Å². The average molecular weight is 377 g/mol. The van der Waals surface area contributed by atoms with Crippen LogP contribution < -0.4 is 0 Å². The highest BCUT2D eigenvalue weighted by Gasteiger charge is 2.36. The minimum absolute atomic E-state index is 0.515. The van der Waals surface area contributed by atoms with Gasteiger partial charge in [-0.05, 0) is 60.9 Å². The van der Waals surface area contributed by atoms with Gasteiger partial charge < -0.3 is 9.40 Å². The van der Waals surface area contributed by atoms with Crippen LogP contribution in [0.3, 0.4) is 0 Å². The van der Waals surface area contributed by atoms with Gasteiger partial charge in [0.1, 0.15) is 0 Å². The number of furan rings is 1. The molecule has 1 aliphatic heterocycles. The molecule has 28 heavy (non-hydrogen) atoms. The normalized spacial score (nSPS) is 21.2. The van der Waals surface area contributed by atoms with Gasteiger partial charge in [-0.3, -0.25) is 4.90 Å². The van der Waals surface area contributed by atoms with Crippen LogP contribution in [-0.4, -0.2) is 16.4 Å². The van der Waals surface area contributed by atoms with Gasteiger partial charge in [0.2, 0.25) is 0 Å². The molecule has 3 heterocycles. The van der Waals surface area contributed by atoms with Crippen molar-refractivity contribution in [1.82, 2.24) is 9.88 Å². The third kappa shape index (κ3) is 3.30. The Labute approximate surface area is 168 Å². The van der Waals surface area contributed by atoms with Gasteiger partial charge in [-0.25, -0.2) is 0 Å². The van der Waals surface area contributed by atoms with Gasteiger partial charge in [-0.2, -0.15) is 0 Å². The number of aromatic amines is 1. The zero-order chi connectivity index (χ0) is 18.9. The number of aromatic nitrogens is 1. The van der Waals surface area contributed by atoms with Crippen LogP contribution in [0.5, 0.6) is 0 Å². The van der Waals surface area contributed by atoms with Crippen LogP contribution in [0.25, 0.3) is 10.9 Å². The Kier molecular flexibility index (Phi) is 5.02. The first-order chi connectivity index (χ1) is 13.8. The SMILES string of the molecule is CCCc1ccc2[nH]c3c(c2c1)CCN(Cc1ccoc1)C3C1CCCCC1. The third-order valence-corrected chi connectivity index (χ3v) is 6.94. The summed E-state index contributed by atoms with van der Waals surface area (Å²) in [7, 11) is 0. The fourth-order valence-corrected chi connectivity index (χ4v) is 5.64. The number of hydrogen-bond donors (Lipinski definition) is 1. The first kappa shape index (κ1) is 18.1. The van der Waals surface area contributed by atoms with Crippen molar-refractivity contribution in [3.05, 3.63) is 59.2 Å². The molecule has 2 aliphatic rings.